The zero-order valence-electron chi connectivity index (χ0n) is 9.61. The third kappa shape index (κ3) is 3.89. The average Bonchev–Trinajstić information content (AvgIpc) is 2.21. The standard InChI is InChI=1S/C12H14ClFO2S/c1-7(2)11(12(15)16)17-6-8-9(13)4-3-5-10(8)14/h3-5,7,11H,6H2,1-2H3,(H,15,16). The van der Waals surface area contributed by atoms with Crippen molar-refractivity contribution in [2.75, 3.05) is 0 Å². The summed E-state index contributed by atoms with van der Waals surface area (Å²) in [6, 6.07) is 4.46. The van der Waals surface area contributed by atoms with Crippen molar-refractivity contribution < 1.29 is 14.3 Å². The number of carboxylic acids is 1. The van der Waals surface area contributed by atoms with Crippen LogP contribution in [-0.4, -0.2) is 16.3 Å². The van der Waals surface area contributed by atoms with E-state index in [9.17, 15) is 9.18 Å². The minimum Gasteiger partial charge on any atom is -0.480 e. The zero-order chi connectivity index (χ0) is 13.0. The lowest BCUT2D eigenvalue weighted by atomic mass is 10.1. The van der Waals surface area contributed by atoms with E-state index in [0.29, 0.717) is 10.6 Å². The number of aliphatic carboxylic acids is 1. The summed E-state index contributed by atoms with van der Waals surface area (Å²) in [7, 11) is 0. The summed E-state index contributed by atoms with van der Waals surface area (Å²) < 4.78 is 13.5. The van der Waals surface area contributed by atoms with Crippen molar-refractivity contribution >= 4 is 29.3 Å². The van der Waals surface area contributed by atoms with E-state index in [0.717, 1.165) is 0 Å². The van der Waals surface area contributed by atoms with E-state index in [2.05, 4.69) is 0 Å². The highest BCUT2D eigenvalue weighted by atomic mass is 35.5. The van der Waals surface area contributed by atoms with Crippen molar-refractivity contribution in [3.8, 4) is 0 Å². The van der Waals surface area contributed by atoms with Gasteiger partial charge in [0.1, 0.15) is 11.1 Å². The molecule has 0 bridgehead atoms. The summed E-state index contributed by atoms with van der Waals surface area (Å²) in [5.74, 6) is -1.01. The van der Waals surface area contributed by atoms with Gasteiger partial charge in [-0.3, -0.25) is 4.79 Å². The van der Waals surface area contributed by atoms with Gasteiger partial charge in [0.15, 0.2) is 0 Å². The molecule has 0 heterocycles. The Balaban J connectivity index is 2.75. The summed E-state index contributed by atoms with van der Waals surface area (Å²) in [4.78, 5) is 11.0. The van der Waals surface area contributed by atoms with E-state index in [1.807, 2.05) is 13.8 Å². The number of hydrogen-bond acceptors (Lipinski definition) is 2. The highest BCUT2D eigenvalue weighted by molar-refractivity contribution is 7.99. The predicted octanol–water partition coefficient (Wildman–Crippen LogP) is 3.82. The molecule has 0 aromatic heterocycles. The summed E-state index contributed by atoms with van der Waals surface area (Å²) >= 11 is 7.07. The quantitative estimate of drug-likeness (QED) is 0.888. The molecule has 1 aromatic carbocycles. The third-order valence-corrected chi connectivity index (χ3v) is 4.23. The van der Waals surface area contributed by atoms with Crippen LogP contribution in [0.2, 0.25) is 5.02 Å². The lowest BCUT2D eigenvalue weighted by molar-refractivity contribution is -0.137. The fourth-order valence-corrected chi connectivity index (χ4v) is 2.87. The third-order valence-electron chi connectivity index (χ3n) is 2.32. The number of hydrogen-bond donors (Lipinski definition) is 1. The molecule has 0 aliphatic rings. The van der Waals surface area contributed by atoms with Crippen molar-refractivity contribution in [1.82, 2.24) is 0 Å². The van der Waals surface area contributed by atoms with Gasteiger partial charge in [-0.2, -0.15) is 0 Å². The fraction of sp³-hybridized carbons (Fsp3) is 0.417. The molecule has 1 atom stereocenters. The number of benzene rings is 1. The Hall–Kier alpha value is -0.740. The summed E-state index contributed by atoms with van der Waals surface area (Å²) in [5.41, 5.74) is 0.367. The van der Waals surface area contributed by atoms with Crippen LogP contribution in [0.4, 0.5) is 4.39 Å². The molecule has 1 unspecified atom stereocenters. The normalized spacial score (nSPS) is 12.8. The lowest BCUT2D eigenvalue weighted by Crippen LogP contribution is -2.22. The second kappa shape index (κ2) is 6.26. The first-order chi connectivity index (χ1) is 7.93. The molecule has 94 valence electrons. The van der Waals surface area contributed by atoms with Gasteiger partial charge in [-0.05, 0) is 18.1 Å². The second-order valence-electron chi connectivity index (χ2n) is 4.01. The predicted molar refractivity (Wildman–Crippen MR) is 69.0 cm³/mol. The van der Waals surface area contributed by atoms with Crippen molar-refractivity contribution in [2.24, 2.45) is 5.92 Å². The van der Waals surface area contributed by atoms with Crippen molar-refractivity contribution in [3.05, 3.63) is 34.6 Å². The molecule has 17 heavy (non-hydrogen) atoms. The number of halogens is 2. The van der Waals surface area contributed by atoms with Gasteiger partial charge in [0.2, 0.25) is 0 Å². The van der Waals surface area contributed by atoms with Gasteiger partial charge >= 0.3 is 5.97 Å². The maximum Gasteiger partial charge on any atom is 0.316 e. The molecule has 0 radical (unpaired) electrons. The van der Waals surface area contributed by atoms with E-state index in [-0.39, 0.29) is 11.7 Å². The highest BCUT2D eigenvalue weighted by Crippen LogP contribution is 2.28. The van der Waals surface area contributed by atoms with Crippen LogP contribution < -0.4 is 0 Å². The van der Waals surface area contributed by atoms with Crippen LogP contribution in [0.3, 0.4) is 0 Å². The van der Waals surface area contributed by atoms with Crippen LogP contribution in [0.25, 0.3) is 0 Å². The molecule has 0 saturated carbocycles. The van der Waals surface area contributed by atoms with E-state index >= 15 is 0 Å². The summed E-state index contributed by atoms with van der Waals surface area (Å²) in [6.45, 7) is 3.66. The fourth-order valence-electron chi connectivity index (χ4n) is 1.39. The van der Waals surface area contributed by atoms with E-state index in [1.54, 1.807) is 6.07 Å². The SMILES string of the molecule is CC(C)C(SCc1c(F)cccc1Cl)C(=O)O. The van der Waals surface area contributed by atoms with E-state index in [1.165, 1.54) is 23.9 Å². The van der Waals surface area contributed by atoms with Crippen LogP contribution in [0.15, 0.2) is 18.2 Å². The van der Waals surface area contributed by atoms with Gasteiger partial charge in [0.05, 0.1) is 0 Å². The van der Waals surface area contributed by atoms with Gasteiger partial charge in [-0.25, -0.2) is 4.39 Å². The summed E-state index contributed by atoms with van der Waals surface area (Å²) in [6.07, 6.45) is 0. The maximum atomic E-state index is 13.5. The smallest absolute Gasteiger partial charge is 0.316 e. The molecule has 1 rings (SSSR count). The van der Waals surface area contributed by atoms with Gasteiger partial charge in [-0.1, -0.05) is 31.5 Å². The molecule has 0 aliphatic heterocycles. The van der Waals surface area contributed by atoms with Gasteiger partial charge < -0.3 is 5.11 Å². The molecule has 0 spiro atoms. The molecule has 5 heteroatoms. The number of rotatable bonds is 5. The number of carboxylic acid groups (broad SMARTS) is 1. The van der Waals surface area contributed by atoms with Gasteiger partial charge in [0, 0.05) is 16.3 Å². The second-order valence-corrected chi connectivity index (χ2v) is 5.55. The molecule has 0 saturated heterocycles. The molecular weight excluding hydrogens is 263 g/mol. The van der Waals surface area contributed by atoms with Crippen LogP contribution in [0.1, 0.15) is 19.4 Å². The minimum absolute atomic E-state index is 0.0111. The maximum absolute atomic E-state index is 13.5. The van der Waals surface area contributed by atoms with Crippen molar-refractivity contribution in [2.45, 2.75) is 24.9 Å². The first-order valence-electron chi connectivity index (χ1n) is 5.20. The highest BCUT2D eigenvalue weighted by Gasteiger charge is 2.22. The molecule has 0 amide bonds. The number of carbonyl (C=O) groups is 1. The summed E-state index contributed by atoms with van der Waals surface area (Å²) in [5, 5.41) is 8.80. The van der Waals surface area contributed by atoms with Crippen molar-refractivity contribution in [1.29, 1.82) is 0 Å². The Labute approximate surface area is 109 Å². The van der Waals surface area contributed by atoms with Gasteiger partial charge in [-0.15, -0.1) is 11.8 Å². The Bertz CT molecular complexity index is 389. The lowest BCUT2D eigenvalue weighted by Gasteiger charge is -2.16. The molecule has 2 nitrogen and oxygen atoms in total. The molecule has 1 aromatic rings. The van der Waals surface area contributed by atoms with Gasteiger partial charge in [0.25, 0.3) is 0 Å². The molecule has 1 N–H and O–H groups in total. The van der Waals surface area contributed by atoms with Crippen molar-refractivity contribution in [3.63, 3.8) is 0 Å². The van der Waals surface area contributed by atoms with Crippen LogP contribution in [-0.2, 0) is 10.5 Å². The monoisotopic (exact) mass is 276 g/mol. The first-order valence-corrected chi connectivity index (χ1v) is 6.63. The van der Waals surface area contributed by atoms with Crippen LogP contribution >= 0.6 is 23.4 Å². The average molecular weight is 277 g/mol. The molecule has 0 aliphatic carbocycles. The Kier molecular flexibility index (Phi) is 5.28. The molecule has 0 fully saturated rings. The largest absolute Gasteiger partial charge is 0.480 e. The molecular formula is C12H14ClFO2S. The van der Waals surface area contributed by atoms with E-state index < -0.39 is 17.0 Å². The Morgan fingerprint density at radius 2 is 2.18 bits per heavy atom. The van der Waals surface area contributed by atoms with E-state index in [4.69, 9.17) is 16.7 Å². The minimum atomic E-state index is -0.877. The first kappa shape index (κ1) is 14.3. The Morgan fingerprint density at radius 1 is 1.53 bits per heavy atom. The van der Waals surface area contributed by atoms with Crippen LogP contribution in [0, 0.1) is 11.7 Å². The topological polar surface area (TPSA) is 37.3 Å². The Morgan fingerprint density at radius 3 is 2.65 bits per heavy atom. The van der Waals surface area contributed by atoms with Crippen LogP contribution in [0.5, 0.6) is 0 Å². The zero-order valence-corrected chi connectivity index (χ0v) is 11.2. The number of thioether (sulfide) groups is 1.